The molecule has 0 atom stereocenters. The van der Waals surface area contributed by atoms with Crippen molar-refractivity contribution in [3.63, 3.8) is 0 Å². The van der Waals surface area contributed by atoms with E-state index < -0.39 is 0 Å². The lowest BCUT2D eigenvalue weighted by Gasteiger charge is -2.29. The highest BCUT2D eigenvalue weighted by Crippen LogP contribution is 2.36. The largest absolute Gasteiger partial charge is 0.329 e. The van der Waals surface area contributed by atoms with Crippen LogP contribution in [0.5, 0.6) is 0 Å². The first-order valence-electron chi connectivity index (χ1n) is 7.38. The van der Waals surface area contributed by atoms with E-state index in [9.17, 15) is 4.79 Å². The van der Waals surface area contributed by atoms with Crippen LogP contribution < -0.4 is 5.73 Å². The Morgan fingerprint density at radius 2 is 2.05 bits per heavy atom. The molecular weight excluding hydrogens is 238 g/mol. The predicted octanol–water partition coefficient (Wildman–Crippen LogP) is 2.22. The average molecular weight is 263 g/mol. The number of hydrogen-bond donors (Lipinski definition) is 1. The minimum absolute atomic E-state index is 0.241. The van der Waals surface area contributed by atoms with E-state index in [0.29, 0.717) is 18.7 Å². The second kappa shape index (κ2) is 6.33. The standard InChI is InChI=1S/C15H25N3O/c1-18-13(8-11-17-18)6-7-14(19)15(12-16)9-4-2-3-5-10-15/h8,11H,2-7,9-10,12,16H2,1H3. The van der Waals surface area contributed by atoms with E-state index in [-0.39, 0.29) is 5.41 Å². The fourth-order valence-corrected chi connectivity index (χ4v) is 3.16. The van der Waals surface area contributed by atoms with E-state index in [1.807, 2.05) is 17.8 Å². The highest BCUT2D eigenvalue weighted by atomic mass is 16.1. The minimum atomic E-state index is -0.241. The molecule has 19 heavy (non-hydrogen) atoms. The molecule has 0 aromatic carbocycles. The molecule has 2 rings (SSSR count). The van der Waals surface area contributed by atoms with Crippen LogP contribution in [0, 0.1) is 5.41 Å². The smallest absolute Gasteiger partial charge is 0.140 e. The molecule has 106 valence electrons. The zero-order chi connectivity index (χ0) is 13.7. The molecule has 0 spiro atoms. The molecule has 4 heteroatoms. The molecule has 0 amide bonds. The Hall–Kier alpha value is -1.16. The Morgan fingerprint density at radius 3 is 2.58 bits per heavy atom. The number of nitrogens with zero attached hydrogens (tertiary/aromatic N) is 2. The number of aromatic nitrogens is 2. The third-order valence-electron chi connectivity index (χ3n) is 4.57. The van der Waals surface area contributed by atoms with Crippen molar-refractivity contribution in [1.29, 1.82) is 0 Å². The molecule has 4 nitrogen and oxygen atoms in total. The molecule has 2 N–H and O–H groups in total. The highest BCUT2D eigenvalue weighted by molar-refractivity contribution is 5.85. The van der Waals surface area contributed by atoms with Gasteiger partial charge in [0, 0.05) is 37.3 Å². The number of ketones is 1. The van der Waals surface area contributed by atoms with Crippen molar-refractivity contribution < 1.29 is 4.79 Å². The Kier molecular flexibility index (Phi) is 4.75. The van der Waals surface area contributed by atoms with Gasteiger partial charge in [-0.1, -0.05) is 25.7 Å². The Labute approximate surface area is 115 Å². The van der Waals surface area contributed by atoms with E-state index in [0.717, 1.165) is 37.8 Å². The van der Waals surface area contributed by atoms with Crippen molar-refractivity contribution in [3.8, 4) is 0 Å². The van der Waals surface area contributed by atoms with Crippen LogP contribution in [-0.2, 0) is 18.3 Å². The molecule has 1 aliphatic rings. The van der Waals surface area contributed by atoms with Gasteiger partial charge in [-0.05, 0) is 25.3 Å². The lowest BCUT2D eigenvalue weighted by Crippen LogP contribution is -2.38. The van der Waals surface area contributed by atoms with Gasteiger partial charge < -0.3 is 5.73 Å². The van der Waals surface area contributed by atoms with Gasteiger partial charge in [0.15, 0.2) is 0 Å². The van der Waals surface area contributed by atoms with Gasteiger partial charge in [0.1, 0.15) is 5.78 Å². The molecule has 0 radical (unpaired) electrons. The quantitative estimate of drug-likeness (QED) is 0.829. The second-order valence-electron chi connectivity index (χ2n) is 5.77. The maximum absolute atomic E-state index is 12.6. The summed E-state index contributed by atoms with van der Waals surface area (Å²) in [4.78, 5) is 12.6. The van der Waals surface area contributed by atoms with Gasteiger partial charge in [0.25, 0.3) is 0 Å². The van der Waals surface area contributed by atoms with Crippen LogP contribution in [0.4, 0.5) is 0 Å². The van der Waals surface area contributed by atoms with Crippen LogP contribution >= 0.6 is 0 Å². The molecule has 1 aliphatic carbocycles. The summed E-state index contributed by atoms with van der Waals surface area (Å²) in [5.74, 6) is 0.359. The number of hydrogen-bond acceptors (Lipinski definition) is 3. The summed E-state index contributed by atoms with van der Waals surface area (Å²) in [6.07, 6.45) is 9.90. The third kappa shape index (κ3) is 3.24. The van der Waals surface area contributed by atoms with Crippen molar-refractivity contribution in [1.82, 2.24) is 9.78 Å². The number of rotatable bonds is 5. The topological polar surface area (TPSA) is 60.9 Å². The van der Waals surface area contributed by atoms with Gasteiger partial charge >= 0.3 is 0 Å². The van der Waals surface area contributed by atoms with Crippen molar-refractivity contribution in [2.24, 2.45) is 18.2 Å². The maximum atomic E-state index is 12.6. The van der Waals surface area contributed by atoms with Crippen LogP contribution in [0.15, 0.2) is 12.3 Å². The number of aryl methyl sites for hydroxylation is 2. The van der Waals surface area contributed by atoms with Crippen molar-refractivity contribution in [3.05, 3.63) is 18.0 Å². The van der Waals surface area contributed by atoms with Gasteiger partial charge in [-0.3, -0.25) is 9.48 Å². The third-order valence-corrected chi connectivity index (χ3v) is 4.57. The van der Waals surface area contributed by atoms with Crippen LogP contribution in [0.3, 0.4) is 0 Å². The molecule has 1 heterocycles. The number of Topliss-reactive ketones (excluding diaryl/α,β-unsaturated/α-hetero) is 1. The van der Waals surface area contributed by atoms with Crippen molar-refractivity contribution in [2.75, 3.05) is 6.54 Å². The first kappa shape index (κ1) is 14.3. The minimum Gasteiger partial charge on any atom is -0.329 e. The zero-order valence-electron chi connectivity index (χ0n) is 11.9. The summed E-state index contributed by atoms with van der Waals surface area (Å²) in [6.45, 7) is 0.511. The lowest BCUT2D eigenvalue weighted by atomic mass is 9.75. The summed E-state index contributed by atoms with van der Waals surface area (Å²) < 4.78 is 1.84. The molecule has 1 aromatic heterocycles. The first-order chi connectivity index (χ1) is 9.18. The normalized spacial score (nSPS) is 19.1. The average Bonchev–Trinajstić information content (AvgIpc) is 2.68. The van der Waals surface area contributed by atoms with Gasteiger partial charge in [-0.25, -0.2) is 0 Å². The van der Waals surface area contributed by atoms with E-state index in [1.54, 1.807) is 6.20 Å². The molecule has 0 bridgehead atoms. The van der Waals surface area contributed by atoms with Gasteiger partial charge in [0.2, 0.25) is 0 Å². The SMILES string of the molecule is Cn1nccc1CCC(=O)C1(CN)CCCCCC1. The molecule has 1 saturated carbocycles. The van der Waals surface area contributed by atoms with E-state index in [1.165, 1.54) is 12.8 Å². The van der Waals surface area contributed by atoms with Gasteiger partial charge in [-0.2, -0.15) is 5.10 Å². The van der Waals surface area contributed by atoms with Crippen LogP contribution in [0.25, 0.3) is 0 Å². The number of nitrogens with two attached hydrogens (primary N) is 1. The molecule has 1 fully saturated rings. The summed E-state index contributed by atoms with van der Waals surface area (Å²) in [6, 6.07) is 1.98. The summed E-state index contributed by atoms with van der Waals surface area (Å²) >= 11 is 0. The summed E-state index contributed by atoms with van der Waals surface area (Å²) in [5.41, 5.74) is 6.83. The maximum Gasteiger partial charge on any atom is 0.140 e. The lowest BCUT2D eigenvalue weighted by molar-refractivity contribution is -0.129. The fraction of sp³-hybridized carbons (Fsp3) is 0.733. The highest BCUT2D eigenvalue weighted by Gasteiger charge is 2.36. The first-order valence-corrected chi connectivity index (χ1v) is 7.38. The van der Waals surface area contributed by atoms with E-state index in [2.05, 4.69) is 5.10 Å². The molecule has 0 unspecified atom stereocenters. The zero-order valence-corrected chi connectivity index (χ0v) is 11.9. The Balaban J connectivity index is 1.98. The predicted molar refractivity (Wildman–Crippen MR) is 75.7 cm³/mol. The van der Waals surface area contributed by atoms with Crippen LogP contribution in [0.2, 0.25) is 0 Å². The van der Waals surface area contributed by atoms with Crippen molar-refractivity contribution in [2.45, 2.75) is 51.4 Å². The Morgan fingerprint density at radius 1 is 1.37 bits per heavy atom. The van der Waals surface area contributed by atoms with Gasteiger partial charge in [0.05, 0.1) is 0 Å². The van der Waals surface area contributed by atoms with Crippen LogP contribution in [0.1, 0.15) is 50.6 Å². The monoisotopic (exact) mass is 263 g/mol. The second-order valence-corrected chi connectivity index (χ2v) is 5.77. The number of carbonyl (C=O) groups is 1. The summed E-state index contributed by atoms with van der Waals surface area (Å²) in [5, 5.41) is 4.14. The molecular formula is C15H25N3O. The molecule has 0 saturated heterocycles. The van der Waals surface area contributed by atoms with Crippen molar-refractivity contribution >= 4 is 5.78 Å². The van der Waals surface area contributed by atoms with E-state index in [4.69, 9.17) is 5.73 Å². The van der Waals surface area contributed by atoms with Crippen LogP contribution in [-0.4, -0.2) is 22.1 Å². The number of carbonyl (C=O) groups excluding carboxylic acids is 1. The van der Waals surface area contributed by atoms with Gasteiger partial charge in [-0.15, -0.1) is 0 Å². The molecule has 1 aromatic rings. The van der Waals surface area contributed by atoms with E-state index >= 15 is 0 Å². The molecule has 0 aliphatic heterocycles. The Bertz CT molecular complexity index is 417. The summed E-state index contributed by atoms with van der Waals surface area (Å²) in [7, 11) is 1.92. The fourth-order valence-electron chi connectivity index (χ4n) is 3.16.